The van der Waals surface area contributed by atoms with E-state index in [0.29, 0.717) is 22.9 Å². The molecule has 7 nitrogen and oxygen atoms in total. The summed E-state index contributed by atoms with van der Waals surface area (Å²) in [6.07, 6.45) is 1.13. The summed E-state index contributed by atoms with van der Waals surface area (Å²) in [4.78, 5) is 33.2. The van der Waals surface area contributed by atoms with Gasteiger partial charge >= 0.3 is 0 Å². The van der Waals surface area contributed by atoms with Gasteiger partial charge in [0.2, 0.25) is 11.9 Å². The van der Waals surface area contributed by atoms with Gasteiger partial charge in [-0.3, -0.25) is 9.59 Å². The van der Waals surface area contributed by atoms with Crippen molar-refractivity contribution < 1.29 is 9.59 Å². The number of hydrogen-bond donors (Lipinski definition) is 3. The first-order chi connectivity index (χ1) is 16.5. The number of benzene rings is 3. The smallest absolute Gasteiger partial charge is 0.253 e. The number of carbonyl (C=O) groups excluding carboxylic acids is 2. The predicted molar refractivity (Wildman–Crippen MR) is 133 cm³/mol. The fourth-order valence-corrected chi connectivity index (χ4v) is 3.55. The molecule has 0 saturated carbocycles. The summed E-state index contributed by atoms with van der Waals surface area (Å²) in [5.74, 6) is 0.0530. The summed E-state index contributed by atoms with van der Waals surface area (Å²) in [7, 11) is 0. The van der Waals surface area contributed by atoms with E-state index < -0.39 is 6.17 Å². The maximum absolute atomic E-state index is 12.9. The van der Waals surface area contributed by atoms with Crippen molar-refractivity contribution in [1.29, 1.82) is 0 Å². The van der Waals surface area contributed by atoms with Crippen LogP contribution in [0.5, 0.6) is 0 Å². The minimum Gasteiger partial charge on any atom is -0.330 e. The van der Waals surface area contributed by atoms with Gasteiger partial charge in [0, 0.05) is 29.9 Å². The third kappa shape index (κ3) is 5.63. The van der Waals surface area contributed by atoms with Crippen molar-refractivity contribution >= 4 is 23.5 Å². The van der Waals surface area contributed by atoms with E-state index in [4.69, 9.17) is 0 Å². The Morgan fingerprint density at radius 3 is 2.26 bits per heavy atom. The van der Waals surface area contributed by atoms with E-state index in [9.17, 15) is 9.59 Å². The SMILES string of the molecule is CC(=O)Nc1ccc(-c2ccnc(NC(NC(=O)c3ccccc3)c3ccccc3C)n2)cc1. The van der Waals surface area contributed by atoms with Gasteiger partial charge in [-0.2, -0.15) is 0 Å². The van der Waals surface area contributed by atoms with Crippen molar-refractivity contribution in [3.05, 3.63) is 108 Å². The molecular weight excluding hydrogens is 426 g/mol. The molecule has 4 aromatic rings. The van der Waals surface area contributed by atoms with E-state index in [-0.39, 0.29) is 11.8 Å². The third-order valence-corrected chi connectivity index (χ3v) is 5.24. The highest BCUT2D eigenvalue weighted by Gasteiger charge is 2.18. The number of hydrogen-bond acceptors (Lipinski definition) is 5. The summed E-state index contributed by atoms with van der Waals surface area (Å²) in [6.45, 7) is 3.46. The van der Waals surface area contributed by atoms with Crippen molar-refractivity contribution in [3.63, 3.8) is 0 Å². The molecule has 1 unspecified atom stereocenters. The Labute approximate surface area is 198 Å². The van der Waals surface area contributed by atoms with Gasteiger partial charge in [0.15, 0.2) is 0 Å². The largest absolute Gasteiger partial charge is 0.330 e. The average molecular weight is 452 g/mol. The molecule has 34 heavy (non-hydrogen) atoms. The monoisotopic (exact) mass is 451 g/mol. The Kier molecular flexibility index (Phi) is 6.93. The summed E-state index contributed by atoms with van der Waals surface area (Å²) < 4.78 is 0. The van der Waals surface area contributed by atoms with Crippen molar-refractivity contribution in [2.45, 2.75) is 20.0 Å². The molecule has 7 heteroatoms. The molecule has 0 spiro atoms. The molecule has 0 aliphatic rings. The van der Waals surface area contributed by atoms with Gasteiger partial charge in [-0.25, -0.2) is 9.97 Å². The number of carbonyl (C=O) groups is 2. The van der Waals surface area contributed by atoms with Gasteiger partial charge in [-0.05, 0) is 48.4 Å². The second-order valence-electron chi connectivity index (χ2n) is 7.80. The Morgan fingerprint density at radius 1 is 0.853 bits per heavy atom. The quantitative estimate of drug-likeness (QED) is 0.346. The second-order valence-corrected chi connectivity index (χ2v) is 7.80. The number of aryl methyl sites for hydroxylation is 1. The molecule has 4 rings (SSSR count). The highest BCUT2D eigenvalue weighted by molar-refractivity contribution is 5.94. The number of nitrogens with zero attached hydrogens (tertiary/aromatic N) is 2. The standard InChI is InChI=1S/C27H25N5O2/c1-18-8-6-7-11-23(18)25(31-26(34)21-9-4-3-5-10-21)32-27-28-17-16-24(30-27)20-12-14-22(15-13-20)29-19(2)33/h3-17,25H,1-2H3,(H,29,33)(H,31,34)(H,28,30,32). The molecule has 3 aromatic carbocycles. The molecule has 0 bridgehead atoms. The normalized spacial score (nSPS) is 11.4. The Bertz CT molecular complexity index is 1290. The molecule has 0 saturated heterocycles. The maximum Gasteiger partial charge on any atom is 0.253 e. The zero-order valence-corrected chi connectivity index (χ0v) is 18.9. The summed E-state index contributed by atoms with van der Waals surface area (Å²) in [5.41, 5.74) is 4.81. The lowest BCUT2D eigenvalue weighted by Gasteiger charge is -2.22. The lowest BCUT2D eigenvalue weighted by Crippen LogP contribution is -2.34. The van der Waals surface area contributed by atoms with E-state index in [1.54, 1.807) is 18.3 Å². The zero-order chi connectivity index (χ0) is 23.9. The molecule has 1 atom stereocenters. The van der Waals surface area contributed by atoms with Gasteiger partial charge in [0.25, 0.3) is 5.91 Å². The maximum atomic E-state index is 12.9. The number of nitrogens with one attached hydrogen (secondary N) is 3. The number of aromatic nitrogens is 2. The molecule has 0 aliphatic heterocycles. The summed E-state index contributed by atoms with van der Waals surface area (Å²) >= 11 is 0. The topological polar surface area (TPSA) is 96.0 Å². The van der Waals surface area contributed by atoms with Crippen LogP contribution < -0.4 is 16.0 Å². The van der Waals surface area contributed by atoms with E-state index in [2.05, 4.69) is 25.9 Å². The van der Waals surface area contributed by atoms with Crippen molar-refractivity contribution in [2.75, 3.05) is 10.6 Å². The van der Waals surface area contributed by atoms with Gasteiger partial charge in [-0.1, -0.05) is 54.6 Å². The number of rotatable bonds is 7. The first kappa shape index (κ1) is 22.7. The van der Waals surface area contributed by atoms with Crippen molar-refractivity contribution in [2.24, 2.45) is 0 Å². The highest BCUT2D eigenvalue weighted by atomic mass is 16.2. The van der Waals surface area contributed by atoms with Crippen LogP contribution in [-0.2, 0) is 4.79 Å². The molecule has 2 amide bonds. The van der Waals surface area contributed by atoms with Crippen molar-refractivity contribution in [1.82, 2.24) is 15.3 Å². The molecule has 3 N–H and O–H groups in total. The van der Waals surface area contributed by atoms with Crippen LogP contribution in [0.15, 0.2) is 91.1 Å². The molecule has 0 fully saturated rings. The fourth-order valence-electron chi connectivity index (χ4n) is 3.55. The number of anilines is 2. The molecule has 170 valence electrons. The van der Waals surface area contributed by atoms with E-state index in [1.165, 1.54) is 6.92 Å². The van der Waals surface area contributed by atoms with Gasteiger partial charge in [-0.15, -0.1) is 0 Å². The van der Waals surface area contributed by atoms with Gasteiger partial charge < -0.3 is 16.0 Å². The van der Waals surface area contributed by atoms with Crippen LogP contribution in [0.1, 0.15) is 34.6 Å². The molecule has 0 aliphatic carbocycles. The summed E-state index contributed by atoms with van der Waals surface area (Å²) in [6, 6.07) is 26.1. The fraction of sp³-hybridized carbons (Fsp3) is 0.111. The minimum absolute atomic E-state index is 0.124. The van der Waals surface area contributed by atoms with Crippen LogP contribution in [0.3, 0.4) is 0 Å². The zero-order valence-electron chi connectivity index (χ0n) is 18.9. The lowest BCUT2D eigenvalue weighted by atomic mass is 10.1. The minimum atomic E-state index is -0.536. The van der Waals surface area contributed by atoms with E-state index >= 15 is 0 Å². The molecule has 1 aromatic heterocycles. The molecular formula is C27H25N5O2. The first-order valence-electron chi connectivity index (χ1n) is 10.9. The average Bonchev–Trinajstić information content (AvgIpc) is 2.85. The van der Waals surface area contributed by atoms with Crippen LogP contribution >= 0.6 is 0 Å². The van der Waals surface area contributed by atoms with Crippen LogP contribution in [0, 0.1) is 6.92 Å². The van der Waals surface area contributed by atoms with E-state index in [1.807, 2.05) is 79.7 Å². The van der Waals surface area contributed by atoms with Gasteiger partial charge in [0.05, 0.1) is 5.69 Å². The second kappa shape index (κ2) is 10.4. The Hall–Kier alpha value is -4.52. The van der Waals surface area contributed by atoms with Crippen LogP contribution in [0.25, 0.3) is 11.3 Å². The van der Waals surface area contributed by atoms with Crippen LogP contribution in [-0.4, -0.2) is 21.8 Å². The Morgan fingerprint density at radius 2 is 1.56 bits per heavy atom. The number of amides is 2. The molecule has 0 radical (unpaired) electrons. The van der Waals surface area contributed by atoms with E-state index in [0.717, 1.165) is 16.7 Å². The van der Waals surface area contributed by atoms with Gasteiger partial charge in [0.1, 0.15) is 6.17 Å². The third-order valence-electron chi connectivity index (χ3n) is 5.24. The highest BCUT2D eigenvalue weighted by Crippen LogP contribution is 2.23. The van der Waals surface area contributed by atoms with Crippen LogP contribution in [0.2, 0.25) is 0 Å². The predicted octanol–water partition coefficient (Wildman–Crippen LogP) is 4.95. The Balaban J connectivity index is 1.59. The van der Waals surface area contributed by atoms with Crippen LogP contribution in [0.4, 0.5) is 11.6 Å². The van der Waals surface area contributed by atoms with Crippen molar-refractivity contribution in [3.8, 4) is 11.3 Å². The summed E-state index contributed by atoms with van der Waals surface area (Å²) in [5, 5.41) is 9.08. The first-order valence-corrected chi connectivity index (χ1v) is 10.9. The molecule has 1 heterocycles. The lowest BCUT2D eigenvalue weighted by molar-refractivity contribution is -0.114.